The van der Waals surface area contributed by atoms with Crippen LogP contribution in [0, 0.1) is 5.92 Å². The molecule has 0 bridgehead atoms. The van der Waals surface area contributed by atoms with Gasteiger partial charge in [-0.3, -0.25) is 0 Å². The van der Waals surface area contributed by atoms with Crippen LogP contribution in [0.25, 0.3) is 0 Å². The van der Waals surface area contributed by atoms with Crippen LogP contribution in [-0.4, -0.2) is 62.7 Å². The lowest BCUT2D eigenvalue weighted by Gasteiger charge is -2.36. The third kappa shape index (κ3) is 5.05. The summed E-state index contributed by atoms with van der Waals surface area (Å²) in [5.41, 5.74) is 0. The first-order valence-electron chi connectivity index (χ1n) is 8.37. The quantitative estimate of drug-likeness (QED) is 0.796. The molecule has 0 aliphatic carbocycles. The molecule has 2 aliphatic heterocycles. The molecule has 19 heavy (non-hydrogen) atoms. The van der Waals surface area contributed by atoms with Crippen molar-refractivity contribution in [3.63, 3.8) is 0 Å². The van der Waals surface area contributed by atoms with Crippen molar-refractivity contribution in [1.82, 2.24) is 15.1 Å². The van der Waals surface area contributed by atoms with Crippen molar-refractivity contribution in [3.8, 4) is 0 Å². The predicted octanol–water partition coefficient (Wildman–Crippen LogP) is 2.18. The maximum Gasteiger partial charge on any atom is 0.0104 e. The van der Waals surface area contributed by atoms with Gasteiger partial charge in [-0.2, -0.15) is 0 Å². The van der Waals surface area contributed by atoms with Crippen LogP contribution in [0.4, 0.5) is 0 Å². The third-order valence-corrected chi connectivity index (χ3v) is 5.21. The van der Waals surface area contributed by atoms with Crippen LogP contribution >= 0.6 is 0 Å². The summed E-state index contributed by atoms with van der Waals surface area (Å²) >= 11 is 0. The number of piperidine rings is 2. The molecule has 3 heteroatoms. The number of rotatable bonds is 6. The molecular weight excluding hydrogens is 234 g/mol. The summed E-state index contributed by atoms with van der Waals surface area (Å²) in [6.07, 6.45) is 9.87. The normalized spacial score (nSPS) is 27.8. The fraction of sp³-hybridized carbons (Fsp3) is 1.00. The Kier molecular flexibility index (Phi) is 6.62. The highest BCUT2D eigenvalue weighted by Gasteiger charge is 2.22. The van der Waals surface area contributed by atoms with Crippen molar-refractivity contribution in [1.29, 1.82) is 0 Å². The average Bonchev–Trinajstić information content (AvgIpc) is 2.45. The molecule has 0 aromatic heterocycles. The van der Waals surface area contributed by atoms with E-state index in [1.807, 2.05) is 0 Å². The van der Waals surface area contributed by atoms with Crippen molar-refractivity contribution < 1.29 is 0 Å². The molecule has 1 atom stereocenters. The van der Waals surface area contributed by atoms with E-state index in [2.05, 4.69) is 29.2 Å². The zero-order valence-corrected chi connectivity index (χ0v) is 13.0. The topological polar surface area (TPSA) is 18.5 Å². The average molecular weight is 267 g/mol. The van der Waals surface area contributed by atoms with E-state index < -0.39 is 0 Å². The van der Waals surface area contributed by atoms with Gasteiger partial charge in [-0.05, 0) is 91.3 Å². The predicted molar refractivity (Wildman–Crippen MR) is 82.6 cm³/mol. The molecule has 2 saturated heterocycles. The summed E-state index contributed by atoms with van der Waals surface area (Å²) in [5.74, 6) is 0.973. The van der Waals surface area contributed by atoms with Gasteiger partial charge in [0.25, 0.3) is 0 Å². The van der Waals surface area contributed by atoms with E-state index >= 15 is 0 Å². The van der Waals surface area contributed by atoms with Gasteiger partial charge in [-0.25, -0.2) is 0 Å². The Morgan fingerprint density at radius 3 is 2.47 bits per heavy atom. The molecule has 2 heterocycles. The van der Waals surface area contributed by atoms with Crippen molar-refractivity contribution in [2.75, 3.05) is 46.8 Å². The molecule has 1 N–H and O–H groups in total. The zero-order valence-electron chi connectivity index (χ0n) is 13.0. The fourth-order valence-corrected chi connectivity index (χ4v) is 3.69. The van der Waals surface area contributed by atoms with Crippen LogP contribution < -0.4 is 5.32 Å². The van der Waals surface area contributed by atoms with Gasteiger partial charge in [-0.15, -0.1) is 0 Å². The Bertz CT molecular complexity index is 236. The minimum Gasteiger partial charge on any atom is -0.320 e. The summed E-state index contributed by atoms with van der Waals surface area (Å²) in [4.78, 5) is 5.29. The lowest BCUT2D eigenvalue weighted by Crippen LogP contribution is -2.41. The van der Waals surface area contributed by atoms with Crippen LogP contribution in [0.15, 0.2) is 0 Å². The smallest absolute Gasteiger partial charge is 0.0104 e. The van der Waals surface area contributed by atoms with Gasteiger partial charge in [0.15, 0.2) is 0 Å². The molecular formula is C16H33N3. The van der Waals surface area contributed by atoms with E-state index in [0.717, 1.165) is 12.0 Å². The molecule has 0 aromatic carbocycles. The van der Waals surface area contributed by atoms with Gasteiger partial charge in [-0.1, -0.05) is 6.42 Å². The van der Waals surface area contributed by atoms with E-state index in [1.165, 1.54) is 77.7 Å². The van der Waals surface area contributed by atoms with Crippen molar-refractivity contribution in [2.24, 2.45) is 5.92 Å². The van der Waals surface area contributed by atoms with Crippen LogP contribution in [0.5, 0.6) is 0 Å². The standard InChI is InChI=1S/C16H33N3/c1-17-10-6-15-7-12-19(13-8-15)14-9-16-5-3-4-11-18(16)2/h15-17H,3-14H2,1-2H3. The lowest BCUT2D eigenvalue weighted by molar-refractivity contribution is 0.132. The van der Waals surface area contributed by atoms with Crippen molar-refractivity contribution >= 4 is 0 Å². The van der Waals surface area contributed by atoms with E-state index in [-0.39, 0.29) is 0 Å². The second-order valence-electron chi connectivity index (χ2n) is 6.60. The minimum absolute atomic E-state index is 0.857. The van der Waals surface area contributed by atoms with E-state index in [1.54, 1.807) is 0 Å². The van der Waals surface area contributed by atoms with Gasteiger partial charge >= 0.3 is 0 Å². The Labute approximate surface area is 119 Å². The summed E-state index contributed by atoms with van der Waals surface area (Å²) < 4.78 is 0. The molecule has 2 fully saturated rings. The van der Waals surface area contributed by atoms with E-state index in [4.69, 9.17) is 0 Å². The number of nitrogens with one attached hydrogen (secondary N) is 1. The molecule has 112 valence electrons. The van der Waals surface area contributed by atoms with Gasteiger partial charge in [0, 0.05) is 6.04 Å². The Morgan fingerprint density at radius 2 is 1.79 bits per heavy atom. The fourth-order valence-electron chi connectivity index (χ4n) is 3.69. The summed E-state index contributed by atoms with van der Waals surface area (Å²) in [6, 6.07) is 0.857. The van der Waals surface area contributed by atoms with Crippen molar-refractivity contribution in [3.05, 3.63) is 0 Å². The van der Waals surface area contributed by atoms with E-state index in [9.17, 15) is 0 Å². The molecule has 0 aromatic rings. The first-order chi connectivity index (χ1) is 9.29. The van der Waals surface area contributed by atoms with Crippen molar-refractivity contribution in [2.45, 2.75) is 51.0 Å². The molecule has 0 amide bonds. The molecule has 2 aliphatic rings. The second-order valence-corrected chi connectivity index (χ2v) is 6.60. The maximum absolute atomic E-state index is 3.28. The molecule has 0 spiro atoms. The number of likely N-dealkylation sites (tertiary alicyclic amines) is 2. The molecule has 0 radical (unpaired) electrons. The largest absolute Gasteiger partial charge is 0.320 e. The zero-order chi connectivity index (χ0) is 13.5. The van der Waals surface area contributed by atoms with Gasteiger partial charge in [0.2, 0.25) is 0 Å². The van der Waals surface area contributed by atoms with Crippen LogP contribution in [0.2, 0.25) is 0 Å². The van der Waals surface area contributed by atoms with Gasteiger partial charge < -0.3 is 15.1 Å². The molecule has 3 nitrogen and oxygen atoms in total. The summed E-state index contributed by atoms with van der Waals surface area (Å²) in [5, 5.41) is 3.28. The highest BCUT2D eigenvalue weighted by atomic mass is 15.2. The van der Waals surface area contributed by atoms with Gasteiger partial charge in [0.05, 0.1) is 0 Å². The van der Waals surface area contributed by atoms with E-state index in [0.29, 0.717) is 0 Å². The van der Waals surface area contributed by atoms with Crippen LogP contribution in [0.3, 0.4) is 0 Å². The van der Waals surface area contributed by atoms with Crippen LogP contribution in [-0.2, 0) is 0 Å². The Balaban J connectivity index is 1.60. The number of nitrogens with zero attached hydrogens (tertiary/aromatic N) is 2. The first-order valence-corrected chi connectivity index (χ1v) is 8.37. The number of hydrogen-bond acceptors (Lipinski definition) is 3. The molecule has 0 saturated carbocycles. The third-order valence-electron chi connectivity index (χ3n) is 5.21. The maximum atomic E-state index is 3.28. The monoisotopic (exact) mass is 267 g/mol. The minimum atomic E-state index is 0.857. The highest BCUT2D eigenvalue weighted by molar-refractivity contribution is 4.78. The Morgan fingerprint density at radius 1 is 1.00 bits per heavy atom. The van der Waals surface area contributed by atoms with Gasteiger partial charge in [0.1, 0.15) is 0 Å². The summed E-state index contributed by atoms with van der Waals surface area (Å²) in [6.45, 7) is 6.51. The Hall–Kier alpha value is -0.120. The van der Waals surface area contributed by atoms with Crippen LogP contribution in [0.1, 0.15) is 44.9 Å². The second kappa shape index (κ2) is 8.23. The highest BCUT2D eigenvalue weighted by Crippen LogP contribution is 2.22. The lowest BCUT2D eigenvalue weighted by atomic mass is 9.93. The molecule has 1 unspecified atom stereocenters. The summed E-state index contributed by atoms with van der Waals surface area (Å²) in [7, 11) is 4.38. The first kappa shape index (κ1) is 15.3. The SMILES string of the molecule is CNCCC1CCN(CCC2CCCCN2C)CC1. The molecule has 2 rings (SSSR count). The number of hydrogen-bond donors (Lipinski definition) is 1.